The van der Waals surface area contributed by atoms with Crippen LogP contribution in [0.3, 0.4) is 0 Å². The van der Waals surface area contributed by atoms with Gasteiger partial charge in [0.2, 0.25) is 5.91 Å². The molecule has 0 spiro atoms. The zero-order valence-corrected chi connectivity index (χ0v) is 16.4. The molecule has 0 aliphatic rings. The van der Waals surface area contributed by atoms with Crippen molar-refractivity contribution in [2.24, 2.45) is 0 Å². The minimum absolute atomic E-state index is 0.131. The van der Waals surface area contributed by atoms with Gasteiger partial charge in [-0.05, 0) is 38.5 Å². The third-order valence-electron chi connectivity index (χ3n) is 3.76. The predicted octanol–water partition coefficient (Wildman–Crippen LogP) is 3.74. The minimum Gasteiger partial charge on any atom is -0.494 e. The van der Waals surface area contributed by atoms with Gasteiger partial charge >= 0.3 is 6.09 Å². The topological polar surface area (TPSA) is 85.9 Å². The second-order valence-electron chi connectivity index (χ2n) is 5.94. The zero-order valence-electron chi connectivity index (χ0n) is 16.4. The average Bonchev–Trinajstić information content (AvgIpc) is 2.69. The molecule has 0 aliphatic carbocycles. The molecular formula is C21H26N2O5. The normalized spacial score (nSPS) is 11.2. The van der Waals surface area contributed by atoms with E-state index in [0.717, 1.165) is 5.56 Å². The predicted molar refractivity (Wildman–Crippen MR) is 107 cm³/mol. The summed E-state index contributed by atoms with van der Waals surface area (Å²) in [5, 5.41) is 5.27. The van der Waals surface area contributed by atoms with Crippen LogP contribution in [-0.2, 0) is 16.1 Å². The van der Waals surface area contributed by atoms with Gasteiger partial charge in [0.15, 0.2) is 0 Å². The molecule has 2 N–H and O–H groups in total. The maximum absolute atomic E-state index is 12.5. The van der Waals surface area contributed by atoms with Crippen molar-refractivity contribution in [3.8, 4) is 11.5 Å². The molecule has 7 heteroatoms. The van der Waals surface area contributed by atoms with Gasteiger partial charge in [0.05, 0.1) is 18.9 Å². The molecule has 2 amide bonds. The van der Waals surface area contributed by atoms with Crippen LogP contribution in [-0.4, -0.2) is 31.3 Å². The van der Waals surface area contributed by atoms with E-state index in [9.17, 15) is 9.59 Å². The van der Waals surface area contributed by atoms with Crippen molar-refractivity contribution in [1.82, 2.24) is 5.32 Å². The Kier molecular flexibility index (Phi) is 8.14. The largest absolute Gasteiger partial charge is 0.494 e. The fraction of sp³-hybridized carbons (Fsp3) is 0.333. The lowest BCUT2D eigenvalue weighted by Gasteiger charge is -2.17. The first kappa shape index (κ1) is 21.1. The molecule has 7 nitrogen and oxygen atoms in total. The van der Waals surface area contributed by atoms with E-state index in [1.165, 1.54) is 0 Å². The minimum atomic E-state index is -0.798. The maximum Gasteiger partial charge on any atom is 0.408 e. The average molecular weight is 386 g/mol. The van der Waals surface area contributed by atoms with Crippen molar-refractivity contribution in [3.05, 3.63) is 54.1 Å². The molecule has 0 bridgehead atoms. The lowest BCUT2D eigenvalue weighted by Crippen LogP contribution is -2.41. The summed E-state index contributed by atoms with van der Waals surface area (Å²) in [6.45, 7) is 6.40. The van der Waals surface area contributed by atoms with Gasteiger partial charge < -0.3 is 24.8 Å². The maximum atomic E-state index is 12.5. The summed E-state index contributed by atoms with van der Waals surface area (Å²) in [4.78, 5) is 24.4. The van der Waals surface area contributed by atoms with Crippen LogP contribution in [0, 0.1) is 0 Å². The first-order valence-electron chi connectivity index (χ1n) is 9.21. The number of carbonyl (C=O) groups excluding carboxylic acids is 2. The summed E-state index contributed by atoms with van der Waals surface area (Å²) in [7, 11) is 0. The number of amides is 2. The monoisotopic (exact) mass is 386 g/mol. The van der Waals surface area contributed by atoms with Crippen molar-refractivity contribution in [2.75, 3.05) is 18.5 Å². The van der Waals surface area contributed by atoms with Crippen molar-refractivity contribution in [1.29, 1.82) is 0 Å². The van der Waals surface area contributed by atoms with Crippen LogP contribution < -0.4 is 20.1 Å². The molecule has 150 valence electrons. The van der Waals surface area contributed by atoms with Crippen LogP contribution in [0.1, 0.15) is 26.3 Å². The molecule has 0 aromatic heterocycles. The lowest BCUT2D eigenvalue weighted by molar-refractivity contribution is -0.117. The number of benzene rings is 2. The summed E-state index contributed by atoms with van der Waals surface area (Å²) in [5.74, 6) is 0.744. The highest BCUT2D eigenvalue weighted by atomic mass is 16.5. The van der Waals surface area contributed by atoms with E-state index in [-0.39, 0.29) is 6.61 Å². The Morgan fingerprint density at radius 2 is 1.71 bits per heavy atom. The van der Waals surface area contributed by atoms with Gasteiger partial charge in [-0.3, -0.25) is 4.79 Å². The number of nitrogens with one attached hydrogen (secondary N) is 2. The second-order valence-corrected chi connectivity index (χ2v) is 5.94. The lowest BCUT2D eigenvalue weighted by atomic mass is 10.2. The van der Waals surface area contributed by atoms with Crippen molar-refractivity contribution in [3.63, 3.8) is 0 Å². The second kappa shape index (κ2) is 10.8. The molecule has 0 aliphatic heterocycles. The SMILES string of the molecule is CCOc1ccc(OCC)c(NC(=O)[C@@H](C)NC(=O)OCc2ccccc2)c1. The van der Waals surface area contributed by atoms with E-state index in [4.69, 9.17) is 14.2 Å². The van der Waals surface area contributed by atoms with Gasteiger partial charge in [0, 0.05) is 6.07 Å². The molecule has 28 heavy (non-hydrogen) atoms. The Morgan fingerprint density at radius 3 is 2.39 bits per heavy atom. The molecule has 2 aromatic carbocycles. The van der Waals surface area contributed by atoms with E-state index < -0.39 is 18.0 Å². The molecule has 0 saturated heterocycles. The number of rotatable bonds is 9. The zero-order chi connectivity index (χ0) is 20.4. The number of carbonyl (C=O) groups is 2. The fourth-order valence-electron chi connectivity index (χ4n) is 2.39. The molecule has 0 fully saturated rings. The number of ether oxygens (including phenoxy) is 3. The van der Waals surface area contributed by atoms with Crippen LogP contribution >= 0.6 is 0 Å². The van der Waals surface area contributed by atoms with Gasteiger partial charge in [0.25, 0.3) is 0 Å². The van der Waals surface area contributed by atoms with Gasteiger partial charge in [-0.2, -0.15) is 0 Å². The van der Waals surface area contributed by atoms with Crippen LogP contribution in [0.15, 0.2) is 48.5 Å². The molecule has 1 atom stereocenters. The summed E-state index contributed by atoms with van der Waals surface area (Å²) in [5.41, 5.74) is 1.34. The molecule has 0 saturated carbocycles. The van der Waals surface area contributed by atoms with Crippen molar-refractivity contribution in [2.45, 2.75) is 33.4 Å². The van der Waals surface area contributed by atoms with Gasteiger partial charge in [-0.15, -0.1) is 0 Å². The third kappa shape index (κ3) is 6.50. The highest BCUT2D eigenvalue weighted by Crippen LogP contribution is 2.29. The Hall–Kier alpha value is -3.22. The summed E-state index contributed by atoms with van der Waals surface area (Å²) < 4.78 is 16.1. The van der Waals surface area contributed by atoms with Gasteiger partial charge in [0.1, 0.15) is 24.1 Å². The smallest absolute Gasteiger partial charge is 0.408 e. The Bertz CT molecular complexity index is 780. The molecular weight excluding hydrogens is 360 g/mol. The van der Waals surface area contributed by atoms with Gasteiger partial charge in [-0.25, -0.2) is 4.79 Å². The van der Waals surface area contributed by atoms with E-state index in [2.05, 4.69) is 10.6 Å². The first-order chi connectivity index (χ1) is 13.5. The summed E-state index contributed by atoms with van der Waals surface area (Å²) >= 11 is 0. The van der Waals surface area contributed by atoms with Crippen LogP contribution in [0.2, 0.25) is 0 Å². The van der Waals surface area contributed by atoms with E-state index in [0.29, 0.717) is 30.4 Å². The van der Waals surface area contributed by atoms with E-state index >= 15 is 0 Å². The van der Waals surface area contributed by atoms with E-state index in [1.807, 2.05) is 44.2 Å². The van der Waals surface area contributed by atoms with E-state index in [1.54, 1.807) is 25.1 Å². The summed E-state index contributed by atoms with van der Waals surface area (Å²) in [6.07, 6.45) is -0.667. The van der Waals surface area contributed by atoms with Gasteiger partial charge in [-0.1, -0.05) is 30.3 Å². The van der Waals surface area contributed by atoms with Crippen LogP contribution in [0.4, 0.5) is 10.5 Å². The van der Waals surface area contributed by atoms with Crippen molar-refractivity contribution < 1.29 is 23.8 Å². The van der Waals surface area contributed by atoms with Crippen LogP contribution in [0.25, 0.3) is 0 Å². The third-order valence-corrected chi connectivity index (χ3v) is 3.76. The standard InChI is InChI=1S/C21H26N2O5/c1-4-26-17-11-12-19(27-5-2)18(13-17)23-20(24)15(3)22-21(25)28-14-16-9-7-6-8-10-16/h6-13,15H,4-5,14H2,1-3H3,(H,22,25)(H,23,24)/t15-/m1/s1. The fourth-order valence-corrected chi connectivity index (χ4v) is 2.39. The highest BCUT2D eigenvalue weighted by Gasteiger charge is 2.18. The molecule has 0 heterocycles. The number of anilines is 1. The van der Waals surface area contributed by atoms with Crippen molar-refractivity contribution >= 4 is 17.7 Å². The highest BCUT2D eigenvalue weighted by molar-refractivity contribution is 5.97. The molecule has 0 unspecified atom stereocenters. The molecule has 2 aromatic rings. The Morgan fingerprint density at radius 1 is 1.00 bits per heavy atom. The Labute approximate surface area is 165 Å². The number of hydrogen-bond donors (Lipinski definition) is 2. The quantitative estimate of drug-likeness (QED) is 0.686. The molecule has 2 rings (SSSR count). The molecule has 0 radical (unpaired) electrons. The number of alkyl carbamates (subject to hydrolysis) is 1. The first-order valence-corrected chi connectivity index (χ1v) is 9.21. The van der Waals surface area contributed by atoms with Crippen LogP contribution in [0.5, 0.6) is 11.5 Å². The number of hydrogen-bond acceptors (Lipinski definition) is 5. The summed E-state index contributed by atoms with van der Waals surface area (Å²) in [6, 6.07) is 13.7. The Balaban J connectivity index is 1.93.